The third-order valence-electron chi connectivity index (χ3n) is 2.54. The van der Waals surface area contributed by atoms with E-state index in [1.165, 1.54) is 6.07 Å². The molecule has 1 heterocycles. The van der Waals surface area contributed by atoms with Gasteiger partial charge in [-0.15, -0.1) is 0 Å². The van der Waals surface area contributed by atoms with E-state index in [1.807, 2.05) is 0 Å². The fraction of sp³-hybridized carbons (Fsp3) is 0.0909. The lowest BCUT2D eigenvalue weighted by Crippen LogP contribution is -1.99. The van der Waals surface area contributed by atoms with Crippen LogP contribution in [0, 0.1) is 6.92 Å². The highest BCUT2D eigenvalue weighted by molar-refractivity contribution is 6.06. The predicted molar refractivity (Wildman–Crippen MR) is 57.0 cm³/mol. The molecule has 5 nitrogen and oxygen atoms in total. The van der Waals surface area contributed by atoms with E-state index in [9.17, 15) is 9.59 Å². The van der Waals surface area contributed by atoms with Crippen molar-refractivity contribution < 1.29 is 19.8 Å². The van der Waals surface area contributed by atoms with Crippen LogP contribution >= 0.6 is 0 Å². The Bertz CT molecular complexity index is 597. The summed E-state index contributed by atoms with van der Waals surface area (Å²) in [5.74, 6) is -2.17. The summed E-state index contributed by atoms with van der Waals surface area (Å²) in [6.07, 6.45) is 0. The van der Waals surface area contributed by atoms with Crippen LogP contribution in [0.2, 0.25) is 0 Å². The number of hydrogen-bond acceptors (Lipinski definition) is 2. The van der Waals surface area contributed by atoms with Crippen LogP contribution in [0.3, 0.4) is 0 Å². The maximum atomic E-state index is 10.9. The Kier molecular flexibility index (Phi) is 2.16. The van der Waals surface area contributed by atoms with Crippen molar-refractivity contribution in [2.45, 2.75) is 6.92 Å². The fourth-order valence-electron chi connectivity index (χ4n) is 1.74. The summed E-state index contributed by atoms with van der Waals surface area (Å²) in [6.45, 7) is 1.65. The first kappa shape index (κ1) is 10.2. The number of benzene rings is 1. The lowest BCUT2D eigenvalue weighted by molar-refractivity contribution is 0.0680. The second-order valence-electron chi connectivity index (χ2n) is 3.46. The van der Waals surface area contributed by atoms with E-state index in [0.717, 1.165) is 0 Å². The Labute approximate surface area is 90.3 Å². The summed E-state index contributed by atoms with van der Waals surface area (Å²) in [4.78, 5) is 24.5. The van der Waals surface area contributed by atoms with Crippen molar-refractivity contribution >= 4 is 22.8 Å². The van der Waals surface area contributed by atoms with Crippen LogP contribution in [0.4, 0.5) is 0 Å². The van der Waals surface area contributed by atoms with Gasteiger partial charge < -0.3 is 15.2 Å². The molecule has 0 aliphatic carbocycles. The molecule has 0 saturated heterocycles. The van der Waals surface area contributed by atoms with E-state index in [-0.39, 0.29) is 11.3 Å². The molecule has 0 atom stereocenters. The molecule has 82 valence electrons. The monoisotopic (exact) mass is 219 g/mol. The molecule has 0 saturated carbocycles. The van der Waals surface area contributed by atoms with Gasteiger partial charge in [-0.3, -0.25) is 0 Å². The third-order valence-corrected chi connectivity index (χ3v) is 2.54. The largest absolute Gasteiger partial charge is 0.478 e. The van der Waals surface area contributed by atoms with Gasteiger partial charge in [-0.1, -0.05) is 12.1 Å². The molecule has 0 aliphatic heterocycles. The van der Waals surface area contributed by atoms with E-state index in [4.69, 9.17) is 10.2 Å². The van der Waals surface area contributed by atoms with Crippen molar-refractivity contribution in [3.8, 4) is 0 Å². The van der Waals surface area contributed by atoms with Crippen LogP contribution < -0.4 is 0 Å². The summed E-state index contributed by atoms with van der Waals surface area (Å²) in [6, 6.07) is 4.73. The van der Waals surface area contributed by atoms with Crippen molar-refractivity contribution in [3.05, 3.63) is 35.0 Å². The smallest absolute Gasteiger partial charge is 0.352 e. The summed E-state index contributed by atoms with van der Waals surface area (Å²) in [5, 5.41) is 18.5. The van der Waals surface area contributed by atoms with Crippen molar-refractivity contribution in [1.82, 2.24) is 4.98 Å². The maximum Gasteiger partial charge on any atom is 0.352 e. The van der Waals surface area contributed by atoms with Crippen LogP contribution in [-0.4, -0.2) is 27.1 Å². The van der Waals surface area contributed by atoms with Gasteiger partial charge >= 0.3 is 11.9 Å². The van der Waals surface area contributed by atoms with Gasteiger partial charge in [0.25, 0.3) is 0 Å². The number of carboxylic acid groups (broad SMARTS) is 2. The molecule has 0 aliphatic rings. The van der Waals surface area contributed by atoms with Crippen LogP contribution in [0.25, 0.3) is 10.9 Å². The number of H-pyrrole nitrogens is 1. The first-order valence-corrected chi connectivity index (χ1v) is 4.60. The van der Waals surface area contributed by atoms with Crippen LogP contribution in [0.15, 0.2) is 18.2 Å². The van der Waals surface area contributed by atoms with Crippen LogP contribution in [-0.2, 0) is 0 Å². The number of carbonyl (C=O) groups is 2. The molecule has 0 amide bonds. The normalized spacial score (nSPS) is 10.6. The van der Waals surface area contributed by atoms with Gasteiger partial charge in [0.2, 0.25) is 0 Å². The molecule has 1 aromatic carbocycles. The lowest BCUT2D eigenvalue weighted by Gasteiger charge is -1.96. The van der Waals surface area contributed by atoms with Gasteiger partial charge in [0.1, 0.15) is 5.69 Å². The number of hydrogen-bond donors (Lipinski definition) is 3. The minimum absolute atomic E-state index is 0.0312. The van der Waals surface area contributed by atoms with Gasteiger partial charge in [0.05, 0.1) is 11.1 Å². The number of para-hydroxylation sites is 1. The Hall–Kier alpha value is -2.30. The molecule has 0 bridgehead atoms. The molecule has 1 aromatic heterocycles. The van der Waals surface area contributed by atoms with Gasteiger partial charge in [-0.05, 0) is 18.6 Å². The molecular formula is C11H9NO4. The SMILES string of the molecule is Cc1c(C(=O)O)[nH]c2c(C(=O)O)cccc12. The van der Waals surface area contributed by atoms with Crippen molar-refractivity contribution in [3.63, 3.8) is 0 Å². The number of aromatic amines is 1. The zero-order chi connectivity index (χ0) is 11.9. The number of rotatable bonds is 2. The molecule has 0 fully saturated rings. The maximum absolute atomic E-state index is 10.9. The third kappa shape index (κ3) is 1.33. The minimum atomic E-state index is -1.09. The number of fused-ring (bicyclic) bond motifs is 1. The molecule has 16 heavy (non-hydrogen) atoms. The molecule has 5 heteroatoms. The quantitative estimate of drug-likeness (QED) is 0.719. The first-order chi connectivity index (χ1) is 7.52. The summed E-state index contributed by atoms with van der Waals surface area (Å²) in [5.41, 5.74) is 1.01. The highest BCUT2D eigenvalue weighted by Gasteiger charge is 2.17. The molecule has 3 N–H and O–H groups in total. The van der Waals surface area contributed by atoms with E-state index in [0.29, 0.717) is 16.5 Å². The Morgan fingerprint density at radius 3 is 2.44 bits per heavy atom. The van der Waals surface area contributed by atoms with Crippen molar-refractivity contribution in [2.75, 3.05) is 0 Å². The summed E-state index contributed by atoms with van der Waals surface area (Å²) in [7, 11) is 0. The van der Waals surface area contributed by atoms with Crippen LogP contribution in [0.5, 0.6) is 0 Å². The fourth-order valence-corrected chi connectivity index (χ4v) is 1.74. The summed E-state index contributed by atoms with van der Waals surface area (Å²) < 4.78 is 0. The topological polar surface area (TPSA) is 90.4 Å². The molecule has 2 rings (SSSR count). The molecular weight excluding hydrogens is 210 g/mol. The zero-order valence-electron chi connectivity index (χ0n) is 8.44. The Balaban J connectivity index is 2.85. The molecule has 0 spiro atoms. The predicted octanol–water partition coefficient (Wildman–Crippen LogP) is 1.87. The van der Waals surface area contributed by atoms with Crippen molar-refractivity contribution in [1.29, 1.82) is 0 Å². The van der Waals surface area contributed by atoms with E-state index >= 15 is 0 Å². The van der Waals surface area contributed by atoms with Gasteiger partial charge in [-0.2, -0.15) is 0 Å². The minimum Gasteiger partial charge on any atom is -0.478 e. The second kappa shape index (κ2) is 3.37. The van der Waals surface area contributed by atoms with E-state index in [1.54, 1.807) is 19.1 Å². The number of aromatic carboxylic acids is 2. The average Bonchev–Trinajstić information content (AvgIpc) is 2.56. The number of carboxylic acids is 2. The Morgan fingerprint density at radius 1 is 1.19 bits per heavy atom. The van der Waals surface area contributed by atoms with Gasteiger partial charge in [0, 0.05) is 5.39 Å². The Morgan fingerprint density at radius 2 is 1.88 bits per heavy atom. The number of aromatic nitrogens is 1. The van der Waals surface area contributed by atoms with E-state index < -0.39 is 11.9 Å². The van der Waals surface area contributed by atoms with Crippen LogP contribution in [0.1, 0.15) is 26.4 Å². The number of aryl methyl sites for hydroxylation is 1. The standard InChI is InChI=1S/C11H9NO4/c1-5-6-3-2-4-7(10(13)14)9(6)12-8(5)11(15)16/h2-4,12H,1H3,(H,13,14)(H,15,16). The lowest BCUT2D eigenvalue weighted by atomic mass is 10.1. The van der Waals surface area contributed by atoms with E-state index in [2.05, 4.69) is 4.98 Å². The molecule has 0 unspecified atom stereocenters. The number of nitrogens with one attached hydrogen (secondary N) is 1. The average molecular weight is 219 g/mol. The van der Waals surface area contributed by atoms with Gasteiger partial charge in [-0.25, -0.2) is 9.59 Å². The summed E-state index contributed by atoms with van der Waals surface area (Å²) >= 11 is 0. The first-order valence-electron chi connectivity index (χ1n) is 4.60. The molecule has 0 radical (unpaired) electrons. The van der Waals surface area contributed by atoms with Gasteiger partial charge in [0.15, 0.2) is 0 Å². The highest BCUT2D eigenvalue weighted by Crippen LogP contribution is 2.24. The highest BCUT2D eigenvalue weighted by atomic mass is 16.4. The zero-order valence-corrected chi connectivity index (χ0v) is 8.44. The second-order valence-corrected chi connectivity index (χ2v) is 3.46. The van der Waals surface area contributed by atoms with Crippen molar-refractivity contribution in [2.24, 2.45) is 0 Å². The molecule has 2 aromatic rings.